The van der Waals surface area contributed by atoms with Gasteiger partial charge < -0.3 is 5.32 Å². The van der Waals surface area contributed by atoms with Gasteiger partial charge in [0.1, 0.15) is 0 Å². The number of carbonyl (C=O) groups is 3. The molecule has 0 radical (unpaired) electrons. The molecule has 1 heterocycles. The van der Waals surface area contributed by atoms with Gasteiger partial charge in [0.15, 0.2) is 0 Å². The van der Waals surface area contributed by atoms with Crippen LogP contribution in [0, 0.1) is 0 Å². The Morgan fingerprint density at radius 3 is 2.33 bits per heavy atom. The van der Waals surface area contributed by atoms with E-state index in [0.29, 0.717) is 10.7 Å². The molecule has 0 aromatic heterocycles. The summed E-state index contributed by atoms with van der Waals surface area (Å²) in [4.78, 5) is 38.0. The van der Waals surface area contributed by atoms with E-state index in [0.717, 1.165) is 22.2 Å². The molecule has 0 aliphatic carbocycles. The van der Waals surface area contributed by atoms with Gasteiger partial charge in [-0.2, -0.15) is 0 Å². The summed E-state index contributed by atoms with van der Waals surface area (Å²) >= 11 is 6.64. The molecule has 0 atom stereocenters. The maximum atomic E-state index is 12.5. The Hall–Kier alpha value is -2.66. The first-order valence-electron chi connectivity index (χ1n) is 8.57. The number of primary sulfonamides is 1. The van der Waals surface area contributed by atoms with Crippen molar-refractivity contribution in [3.8, 4) is 0 Å². The van der Waals surface area contributed by atoms with Crippen LogP contribution in [0.25, 0.3) is 6.08 Å². The lowest BCUT2D eigenvalue weighted by molar-refractivity contribution is -0.123. The second kappa shape index (κ2) is 9.00. The molecule has 0 saturated carbocycles. The number of benzene rings is 2. The number of hydrogen-bond donors (Lipinski definition) is 2. The van der Waals surface area contributed by atoms with Crippen LogP contribution in [0.3, 0.4) is 0 Å². The normalized spacial score (nSPS) is 15.7. The van der Waals surface area contributed by atoms with Crippen molar-refractivity contribution in [3.05, 3.63) is 64.0 Å². The van der Waals surface area contributed by atoms with Crippen molar-refractivity contribution < 1.29 is 22.8 Å². The van der Waals surface area contributed by atoms with Gasteiger partial charge in [0.05, 0.1) is 9.80 Å². The van der Waals surface area contributed by atoms with E-state index in [2.05, 4.69) is 5.32 Å². The summed E-state index contributed by atoms with van der Waals surface area (Å²) in [5, 5.41) is 7.70. The van der Waals surface area contributed by atoms with Gasteiger partial charge in [0.2, 0.25) is 15.9 Å². The van der Waals surface area contributed by atoms with E-state index >= 15 is 0 Å². The minimum atomic E-state index is -3.82. The van der Waals surface area contributed by atoms with Crippen molar-refractivity contribution in [2.24, 2.45) is 5.14 Å². The van der Waals surface area contributed by atoms with Gasteiger partial charge in [0.25, 0.3) is 11.1 Å². The van der Waals surface area contributed by atoms with Gasteiger partial charge in [-0.15, -0.1) is 0 Å². The van der Waals surface area contributed by atoms with Crippen molar-refractivity contribution >= 4 is 62.2 Å². The average Bonchev–Trinajstić information content (AvgIpc) is 2.94. The van der Waals surface area contributed by atoms with Crippen LogP contribution in [0.2, 0.25) is 5.02 Å². The van der Waals surface area contributed by atoms with Gasteiger partial charge in [0, 0.05) is 23.7 Å². The lowest BCUT2D eigenvalue weighted by Crippen LogP contribution is -2.31. The molecular formula is C19H16ClN3O5S2. The molecule has 1 fully saturated rings. The zero-order valence-corrected chi connectivity index (χ0v) is 17.8. The minimum absolute atomic E-state index is 0.0780. The van der Waals surface area contributed by atoms with Gasteiger partial charge in [-0.25, -0.2) is 13.6 Å². The maximum Gasteiger partial charge on any atom is 0.293 e. The van der Waals surface area contributed by atoms with Crippen LogP contribution in [0.15, 0.2) is 58.3 Å². The van der Waals surface area contributed by atoms with E-state index in [1.54, 1.807) is 30.3 Å². The quantitative estimate of drug-likeness (QED) is 0.631. The smallest absolute Gasteiger partial charge is 0.293 e. The standard InChI is InChI=1S/C19H16ClN3O5S2/c20-13-3-1-12(2-4-13)11-16-18(25)23(19(26)29-16)10-9-17(24)22-14-5-7-15(8-6-14)30(21,27)28/h1-8,11H,9-10H2,(H,22,24)(H2,21,27,28). The molecule has 11 heteroatoms. The van der Waals surface area contributed by atoms with Crippen LogP contribution in [-0.4, -0.2) is 36.9 Å². The number of nitrogens with one attached hydrogen (secondary N) is 1. The first-order chi connectivity index (χ1) is 14.1. The van der Waals surface area contributed by atoms with E-state index < -0.39 is 27.1 Å². The van der Waals surface area contributed by atoms with Crippen LogP contribution in [0.5, 0.6) is 0 Å². The van der Waals surface area contributed by atoms with Crippen LogP contribution in [0.4, 0.5) is 10.5 Å². The minimum Gasteiger partial charge on any atom is -0.326 e. The molecule has 30 heavy (non-hydrogen) atoms. The second-order valence-electron chi connectivity index (χ2n) is 6.25. The fourth-order valence-corrected chi connectivity index (χ4v) is 4.07. The number of rotatable bonds is 6. The van der Waals surface area contributed by atoms with Crippen molar-refractivity contribution in [2.45, 2.75) is 11.3 Å². The van der Waals surface area contributed by atoms with E-state index in [1.165, 1.54) is 24.3 Å². The number of nitrogens with two attached hydrogens (primary N) is 1. The highest BCUT2D eigenvalue weighted by Crippen LogP contribution is 2.32. The first kappa shape index (κ1) is 22.0. The number of imide groups is 1. The summed E-state index contributed by atoms with van der Waals surface area (Å²) in [7, 11) is -3.82. The zero-order valence-electron chi connectivity index (χ0n) is 15.4. The number of carbonyl (C=O) groups excluding carboxylic acids is 3. The van der Waals surface area contributed by atoms with Gasteiger partial charge in [-0.1, -0.05) is 23.7 Å². The molecule has 2 aromatic rings. The molecule has 2 aromatic carbocycles. The number of amides is 3. The lowest BCUT2D eigenvalue weighted by Gasteiger charge is -2.12. The molecule has 3 rings (SSSR count). The SMILES string of the molecule is NS(=O)(=O)c1ccc(NC(=O)CCN2C(=O)SC(=Cc3ccc(Cl)cc3)C2=O)cc1. The monoisotopic (exact) mass is 465 g/mol. The third-order valence-electron chi connectivity index (χ3n) is 4.07. The van der Waals surface area contributed by atoms with E-state index in [4.69, 9.17) is 16.7 Å². The van der Waals surface area contributed by atoms with Crippen molar-refractivity contribution in [2.75, 3.05) is 11.9 Å². The fraction of sp³-hybridized carbons (Fsp3) is 0.105. The van der Waals surface area contributed by atoms with Crippen LogP contribution >= 0.6 is 23.4 Å². The summed E-state index contributed by atoms with van der Waals surface area (Å²) < 4.78 is 22.5. The molecule has 0 unspecified atom stereocenters. The molecule has 1 aliphatic heterocycles. The van der Waals surface area contributed by atoms with Gasteiger partial charge in [-0.05, 0) is 59.8 Å². The van der Waals surface area contributed by atoms with E-state index in [-0.39, 0.29) is 22.8 Å². The summed E-state index contributed by atoms with van der Waals surface area (Å²) in [5.74, 6) is -0.899. The highest BCUT2D eigenvalue weighted by atomic mass is 35.5. The predicted molar refractivity (Wildman–Crippen MR) is 115 cm³/mol. The summed E-state index contributed by atoms with van der Waals surface area (Å²) in [6, 6.07) is 12.1. The summed E-state index contributed by atoms with van der Waals surface area (Å²) in [6.07, 6.45) is 1.48. The molecule has 156 valence electrons. The van der Waals surface area contributed by atoms with Crippen molar-refractivity contribution in [1.82, 2.24) is 4.90 Å². The number of halogens is 1. The van der Waals surface area contributed by atoms with Crippen LogP contribution in [-0.2, 0) is 19.6 Å². The largest absolute Gasteiger partial charge is 0.326 e. The summed E-state index contributed by atoms with van der Waals surface area (Å²) in [6.45, 7) is -0.0796. The Morgan fingerprint density at radius 1 is 1.10 bits per heavy atom. The number of nitrogens with zero attached hydrogens (tertiary/aromatic N) is 1. The van der Waals surface area contributed by atoms with E-state index in [9.17, 15) is 22.8 Å². The Morgan fingerprint density at radius 2 is 1.73 bits per heavy atom. The van der Waals surface area contributed by atoms with Gasteiger partial charge >= 0.3 is 0 Å². The number of sulfonamides is 1. The van der Waals surface area contributed by atoms with Gasteiger partial charge in [-0.3, -0.25) is 19.3 Å². The van der Waals surface area contributed by atoms with Crippen molar-refractivity contribution in [1.29, 1.82) is 0 Å². The molecule has 0 spiro atoms. The number of anilines is 1. The van der Waals surface area contributed by atoms with Crippen LogP contribution in [0.1, 0.15) is 12.0 Å². The third kappa shape index (κ3) is 5.48. The third-order valence-corrected chi connectivity index (χ3v) is 6.16. The average molecular weight is 466 g/mol. The Balaban J connectivity index is 1.58. The molecule has 3 amide bonds. The zero-order chi connectivity index (χ0) is 21.9. The Labute approximate surface area is 182 Å². The predicted octanol–water partition coefficient (Wildman–Crippen LogP) is 3.05. The highest BCUT2D eigenvalue weighted by Gasteiger charge is 2.35. The topological polar surface area (TPSA) is 127 Å². The highest BCUT2D eigenvalue weighted by molar-refractivity contribution is 8.18. The lowest BCUT2D eigenvalue weighted by atomic mass is 10.2. The number of hydrogen-bond acceptors (Lipinski definition) is 6. The molecule has 1 saturated heterocycles. The molecule has 8 nitrogen and oxygen atoms in total. The molecule has 3 N–H and O–H groups in total. The van der Waals surface area contributed by atoms with Crippen molar-refractivity contribution in [3.63, 3.8) is 0 Å². The maximum absolute atomic E-state index is 12.5. The first-order valence-corrected chi connectivity index (χ1v) is 11.3. The second-order valence-corrected chi connectivity index (χ2v) is 9.24. The van der Waals surface area contributed by atoms with E-state index in [1.807, 2.05) is 0 Å². The fourth-order valence-electron chi connectivity index (χ4n) is 2.57. The number of thioether (sulfide) groups is 1. The Bertz CT molecular complexity index is 1130. The molecular weight excluding hydrogens is 450 g/mol. The molecule has 0 bridgehead atoms. The molecule has 1 aliphatic rings. The summed E-state index contributed by atoms with van der Waals surface area (Å²) in [5.41, 5.74) is 1.09. The van der Waals surface area contributed by atoms with Crippen LogP contribution < -0.4 is 10.5 Å². The Kier molecular flexibility index (Phi) is 6.61.